The Hall–Kier alpha value is -0.640. The lowest BCUT2D eigenvalue weighted by Crippen LogP contribution is -1.90. The van der Waals surface area contributed by atoms with Crippen LogP contribution in [0.3, 0.4) is 0 Å². The molecular formula is C15H13BrS2. The predicted molar refractivity (Wildman–Crippen MR) is 86.3 cm³/mol. The summed E-state index contributed by atoms with van der Waals surface area (Å²) >= 11 is 7.52. The van der Waals surface area contributed by atoms with Crippen LogP contribution in [0.2, 0.25) is 0 Å². The van der Waals surface area contributed by atoms with Crippen LogP contribution in [-0.2, 0) is 6.42 Å². The second-order valence-corrected chi connectivity index (χ2v) is 7.23. The highest BCUT2D eigenvalue weighted by molar-refractivity contribution is 9.09. The van der Waals surface area contributed by atoms with Crippen LogP contribution in [0.4, 0.5) is 0 Å². The van der Waals surface area contributed by atoms with Gasteiger partial charge in [0.1, 0.15) is 0 Å². The molecule has 3 aromatic rings. The van der Waals surface area contributed by atoms with Crippen molar-refractivity contribution in [2.75, 3.05) is 0 Å². The van der Waals surface area contributed by atoms with Crippen LogP contribution in [-0.4, -0.2) is 0 Å². The fourth-order valence-corrected chi connectivity index (χ4v) is 4.84. The van der Waals surface area contributed by atoms with Crippen molar-refractivity contribution in [3.63, 3.8) is 0 Å². The molecule has 0 amide bonds. The second-order valence-electron chi connectivity index (χ2n) is 4.26. The Morgan fingerprint density at radius 2 is 1.89 bits per heavy atom. The lowest BCUT2D eigenvalue weighted by Gasteiger charge is -2.08. The Bertz CT molecular complexity index is 620. The average molecular weight is 337 g/mol. The van der Waals surface area contributed by atoms with Gasteiger partial charge in [-0.05, 0) is 35.1 Å². The summed E-state index contributed by atoms with van der Waals surface area (Å²) in [5.41, 5.74) is 2.73. The second kappa shape index (κ2) is 5.16. The number of hydrogen-bond donors (Lipinski definition) is 0. The van der Waals surface area contributed by atoms with Crippen LogP contribution in [0.15, 0.2) is 41.8 Å². The van der Waals surface area contributed by atoms with E-state index in [9.17, 15) is 0 Å². The molecule has 1 aromatic carbocycles. The summed E-state index contributed by atoms with van der Waals surface area (Å²) in [5.74, 6) is 0. The first kappa shape index (κ1) is 12.4. The molecule has 0 radical (unpaired) electrons. The molecular weight excluding hydrogens is 324 g/mol. The number of rotatable bonds is 3. The van der Waals surface area contributed by atoms with E-state index in [0.29, 0.717) is 4.83 Å². The van der Waals surface area contributed by atoms with Gasteiger partial charge in [0, 0.05) is 14.3 Å². The molecule has 2 heterocycles. The largest absolute Gasteiger partial charge is 0.143 e. The average Bonchev–Trinajstić information content (AvgIpc) is 2.99. The third-order valence-electron chi connectivity index (χ3n) is 3.09. The molecule has 1 unspecified atom stereocenters. The Morgan fingerprint density at radius 1 is 1.11 bits per heavy atom. The van der Waals surface area contributed by atoms with Gasteiger partial charge in [-0.25, -0.2) is 0 Å². The third kappa shape index (κ3) is 2.27. The van der Waals surface area contributed by atoms with E-state index >= 15 is 0 Å². The molecule has 3 rings (SSSR count). The molecule has 3 heteroatoms. The molecule has 0 nitrogen and oxygen atoms in total. The molecule has 0 aliphatic carbocycles. The molecule has 1 atom stereocenters. The summed E-state index contributed by atoms with van der Waals surface area (Å²) in [4.78, 5) is 1.70. The van der Waals surface area contributed by atoms with Crippen molar-refractivity contribution in [2.24, 2.45) is 0 Å². The van der Waals surface area contributed by atoms with Gasteiger partial charge in [0.25, 0.3) is 0 Å². The molecule has 0 saturated heterocycles. The van der Waals surface area contributed by atoms with Gasteiger partial charge >= 0.3 is 0 Å². The summed E-state index contributed by atoms with van der Waals surface area (Å²) in [7, 11) is 0. The topological polar surface area (TPSA) is 0 Å². The van der Waals surface area contributed by atoms with E-state index in [-0.39, 0.29) is 0 Å². The van der Waals surface area contributed by atoms with Crippen LogP contribution in [0.5, 0.6) is 0 Å². The van der Waals surface area contributed by atoms with E-state index in [1.807, 2.05) is 22.7 Å². The van der Waals surface area contributed by atoms with Crippen molar-refractivity contribution in [1.82, 2.24) is 0 Å². The Labute approximate surface area is 123 Å². The molecule has 0 fully saturated rings. The minimum absolute atomic E-state index is 0.313. The first-order valence-electron chi connectivity index (χ1n) is 5.98. The van der Waals surface area contributed by atoms with Gasteiger partial charge in [0.15, 0.2) is 0 Å². The van der Waals surface area contributed by atoms with Gasteiger partial charge in [0.2, 0.25) is 0 Å². The van der Waals surface area contributed by atoms with Gasteiger partial charge < -0.3 is 0 Å². The van der Waals surface area contributed by atoms with E-state index in [2.05, 4.69) is 64.6 Å². The number of fused-ring (bicyclic) bond motifs is 1. The Balaban J connectivity index is 1.92. The maximum Gasteiger partial charge on any atom is 0.0738 e. The highest BCUT2D eigenvalue weighted by Gasteiger charge is 2.13. The van der Waals surface area contributed by atoms with Gasteiger partial charge in [0.05, 0.1) is 4.83 Å². The molecule has 0 N–H and O–H groups in total. The first-order valence-corrected chi connectivity index (χ1v) is 8.59. The van der Waals surface area contributed by atoms with Crippen molar-refractivity contribution in [2.45, 2.75) is 18.2 Å². The van der Waals surface area contributed by atoms with Gasteiger partial charge in [-0.3, -0.25) is 0 Å². The third-order valence-corrected chi connectivity index (χ3v) is 6.57. The number of thiophene rings is 2. The van der Waals surface area contributed by atoms with Crippen molar-refractivity contribution >= 4 is 48.0 Å². The van der Waals surface area contributed by atoms with Gasteiger partial charge in [-0.15, -0.1) is 22.7 Å². The van der Waals surface area contributed by atoms with Crippen LogP contribution in [0.25, 0.3) is 9.40 Å². The molecule has 0 aliphatic rings. The fourth-order valence-electron chi connectivity index (χ4n) is 2.00. The van der Waals surface area contributed by atoms with Crippen molar-refractivity contribution in [3.8, 4) is 0 Å². The van der Waals surface area contributed by atoms with E-state index in [0.717, 1.165) is 6.42 Å². The quantitative estimate of drug-likeness (QED) is 0.514. The van der Waals surface area contributed by atoms with Crippen LogP contribution < -0.4 is 0 Å². The normalized spacial score (nSPS) is 13.0. The predicted octanol–water partition coefficient (Wildman–Crippen LogP) is 6.01. The summed E-state index contributed by atoms with van der Waals surface area (Å²) in [5, 5.41) is 2.16. The van der Waals surface area contributed by atoms with E-state index in [1.165, 1.54) is 25.4 Å². The Kier molecular flexibility index (Phi) is 3.55. The smallest absolute Gasteiger partial charge is 0.0738 e. The number of halogens is 1. The van der Waals surface area contributed by atoms with Crippen LogP contribution >= 0.6 is 38.6 Å². The molecule has 2 aromatic heterocycles. The zero-order chi connectivity index (χ0) is 12.5. The number of alkyl halides is 1. The van der Waals surface area contributed by atoms with Crippen molar-refractivity contribution < 1.29 is 0 Å². The monoisotopic (exact) mass is 336 g/mol. The minimum Gasteiger partial charge on any atom is -0.143 e. The fraction of sp³-hybridized carbons (Fsp3) is 0.200. The van der Waals surface area contributed by atoms with E-state index in [1.54, 1.807) is 0 Å². The molecule has 0 spiro atoms. The summed E-state index contributed by atoms with van der Waals surface area (Å²) < 4.78 is 2.79. The minimum atomic E-state index is 0.313. The molecule has 92 valence electrons. The van der Waals surface area contributed by atoms with Gasteiger partial charge in [-0.2, -0.15) is 0 Å². The van der Waals surface area contributed by atoms with Gasteiger partial charge in [-0.1, -0.05) is 47.1 Å². The molecule has 0 saturated carbocycles. The Morgan fingerprint density at radius 3 is 2.56 bits per heavy atom. The number of aryl methyl sites for hydroxylation is 1. The maximum atomic E-state index is 3.82. The first-order chi connectivity index (χ1) is 8.78. The zero-order valence-corrected chi connectivity index (χ0v) is 13.2. The summed E-state index contributed by atoms with van der Waals surface area (Å²) in [6.07, 6.45) is 1.10. The lowest BCUT2D eigenvalue weighted by molar-refractivity contribution is 1.12. The number of benzene rings is 1. The molecule has 0 aliphatic heterocycles. The highest BCUT2D eigenvalue weighted by atomic mass is 79.9. The van der Waals surface area contributed by atoms with E-state index in [4.69, 9.17) is 0 Å². The van der Waals surface area contributed by atoms with Crippen molar-refractivity contribution in [1.29, 1.82) is 0 Å². The molecule has 18 heavy (non-hydrogen) atoms. The highest BCUT2D eigenvalue weighted by Crippen LogP contribution is 2.39. The SMILES string of the molecule is CCc1ccc(C(Br)c2cc3sccc3s2)cc1. The van der Waals surface area contributed by atoms with Crippen molar-refractivity contribution in [3.05, 3.63) is 57.8 Å². The molecule has 0 bridgehead atoms. The maximum absolute atomic E-state index is 3.82. The zero-order valence-electron chi connectivity index (χ0n) is 10.0. The van der Waals surface area contributed by atoms with Crippen LogP contribution in [0, 0.1) is 0 Å². The summed E-state index contributed by atoms with van der Waals surface area (Å²) in [6.45, 7) is 2.19. The lowest BCUT2D eigenvalue weighted by atomic mass is 10.1. The number of hydrogen-bond acceptors (Lipinski definition) is 2. The van der Waals surface area contributed by atoms with Crippen LogP contribution in [0.1, 0.15) is 27.8 Å². The summed E-state index contributed by atoms with van der Waals surface area (Å²) in [6, 6.07) is 13.4. The van der Waals surface area contributed by atoms with E-state index < -0.39 is 0 Å². The standard InChI is InChI=1S/C15H13BrS2/c1-2-10-3-5-11(6-4-10)15(16)14-9-13-12(18-14)7-8-17-13/h3-9,15H,2H2,1H3.